The molecule has 0 radical (unpaired) electrons. The summed E-state index contributed by atoms with van der Waals surface area (Å²) in [5.41, 5.74) is 6.60. The van der Waals surface area contributed by atoms with Gasteiger partial charge in [-0.15, -0.1) is 0 Å². The van der Waals surface area contributed by atoms with Gasteiger partial charge in [-0.05, 0) is 51.4 Å². The van der Waals surface area contributed by atoms with Crippen LogP contribution in [0.15, 0.2) is 24.5 Å². The van der Waals surface area contributed by atoms with E-state index in [4.69, 9.17) is 5.73 Å². The van der Waals surface area contributed by atoms with Crippen molar-refractivity contribution in [1.29, 1.82) is 0 Å². The molecule has 21 heavy (non-hydrogen) atoms. The number of carbonyl (C=O) groups excluding carboxylic acids is 1. The molecule has 116 valence electrons. The maximum atomic E-state index is 12.8. The molecule has 0 aliphatic heterocycles. The smallest absolute Gasteiger partial charge is 0.242 e. The van der Waals surface area contributed by atoms with E-state index in [0.717, 1.165) is 24.9 Å². The number of carbonyl (C=O) groups is 1. The molecule has 1 aliphatic rings. The molecule has 0 spiro atoms. The fraction of sp³-hybridized carbons (Fsp3) is 0.625. The van der Waals surface area contributed by atoms with E-state index in [1.54, 1.807) is 12.4 Å². The molecular weight excluding hydrogens is 264 g/mol. The van der Waals surface area contributed by atoms with E-state index in [9.17, 15) is 4.79 Å². The van der Waals surface area contributed by atoms with Crippen LogP contribution >= 0.6 is 0 Å². The van der Waals surface area contributed by atoms with Gasteiger partial charge in [0.25, 0.3) is 0 Å². The van der Waals surface area contributed by atoms with Crippen LogP contribution in [0.3, 0.4) is 0 Å². The molecule has 0 bridgehead atoms. The van der Waals surface area contributed by atoms with E-state index in [0.29, 0.717) is 19.0 Å². The van der Waals surface area contributed by atoms with Gasteiger partial charge in [0.2, 0.25) is 5.91 Å². The standard InChI is InChI=1S/C16H26N4O/c1-16(17,14-6-7-14)15(21)20(10-9-19(2)3)12-13-5-4-8-18-11-13/h4-5,8,11,14H,6-7,9-10,12,17H2,1-3H3. The van der Waals surface area contributed by atoms with Crippen molar-refractivity contribution in [1.82, 2.24) is 14.8 Å². The van der Waals surface area contributed by atoms with Crippen LogP contribution in [-0.4, -0.2) is 53.4 Å². The monoisotopic (exact) mass is 290 g/mol. The SMILES string of the molecule is CN(C)CCN(Cc1cccnc1)C(=O)C(C)(N)C1CC1. The lowest BCUT2D eigenvalue weighted by Crippen LogP contribution is -2.55. The first kappa shape index (κ1) is 15.9. The quantitative estimate of drug-likeness (QED) is 0.817. The van der Waals surface area contributed by atoms with Gasteiger partial charge in [-0.3, -0.25) is 9.78 Å². The number of amides is 1. The van der Waals surface area contributed by atoms with Crippen molar-refractivity contribution in [2.45, 2.75) is 31.8 Å². The van der Waals surface area contributed by atoms with Crippen LogP contribution in [0.1, 0.15) is 25.3 Å². The maximum absolute atomic E-state index is 12.8. The Hall–Kier alpha value is -1.46. The van der Waals surface area contributed by atoms with E-state index in [-0.39, 0.29) is 5.91 Å². The van der Waals surface area contributed by atoms with Crippen molar-refractivity contribution in [2.24, 2.45) is 11.7 Å². The van der Waals surface area contributed by atoms with Crippen LogP contribution in [0.25, 0.3) is 0 Å². The molecule has 1 amide bonds. The van der Waals surface area contributed by atoms with Crippen molar-refractivity contribution >= 4 is 5.91 Å². The number of hydrogen-bond acceptors (Lipinski definition) is 4. The largest absolute Gasteiger partial charge is 0.335 e. The zero-order valence-electron chi connectivity index (χ0n) is 13.2. The van der Waals surface area contributed by atoms with Crippen molar-refractivity contribution < 1.29 is 4.79 Å². The number of likely N-dealkylation sites (N-methyl/N-ethyl adjacent to an activating group) is 1. The summed E-state index contributed by atoms with van der Waals surface area (Å²) in [6.45, 7) is 3.95. The normalized spacial score (nSPS) is 17.6. The van der Waals surface area contributed by atoms with Gasteiger partial charge in [-0.1, -0.05) is 6.07 Å². The van der Waals surface area contributed by atoms with E-state index < -0.39 is 5.54 Å². The Morgan fingerprint density at radius 2 is 2.14 bits per heavy atom. The summed E-state index contributed by atoms with van der Waals surface area (Å²) < 4.78 is 0. The second-order valence-electron chi connectivity index (χ2n) is 6.45. The Bertz CT molecular complexity index is 468. The minimum Gasteiger partial charge on any atom is -0.335 e. The van der Waals surface area contributed by atoms with Gasteiger partial charge < -0.3 is 15.5 Å². The zero-order chi connectivity index (χ0) is 15.5. The van der Waals surface area contributed by atoms with Gasteiger partial charge in [0.05, 0.1) is 5.54 Å². The van der Waals surface area contributed by atoms with Crippen molar-refractivity contribution in [3.63, 3.8) is 0 Å². The first-order chi connectivity index (χ1) is 9.91. The van der Waals surface area contributed by atoms with Crippen LogP contribution < -0.4 is 5.73 Å². The molecule has 1 unspecified atom stereocenters. The lowest BCUT2D eigenvalue weighted by atomic mass is 9.95. The van der Waals surface area contributed by atoms with Gasteiger partial charge >= 0.3 is 0 Å². The number of pyridine rings is 1. The highest BCUT2D eigenvalue weighted by Crippen LogP contribution is 2.39. The van der Waals surface area contributed by atoms with Gasteiger partial charge in [0.1, 0.15) is 0 Å². The number of rotatable bonds is 7. The zero-order valence-corrected chi connectivity index (χ0v) is 13.2. The van der Waals surface area contributed by atoms with E-state index >= 15 is 0 Å². The summed E-state index contributed by atoms with van der Waals surface area (Å²) in [6.07, 6.45) is 5.67. The minimum absolute atomic E-state index is 0.0516. The van der Waals surface area contributed by atoms with E-state index in [2.05, 4.69) is 9.88 Å². The highest BCUT2D eigenvalue weighted by molar-refractivity contribution is 5.86. The molecule has 5 nitrogen and oxygen atoms in total. The maximum Gasteiger partial charge on any atom is 0.242 e. The molecule has 1 heterocycles. The summed E-state index contributed by atoms with van der Waals surface area (Å²) in [5, 5.41) is 0. The van der Waals surface area contributed by atoms with Crippen LogP contribution in [-0.2, 0) is 11.3 Å². The molecular formula is C16H26N4O. The van der Waals surface area contributed by atoms with E-state index in [1.165, 1.54) is 0 Å². The minimum atomic E-state index is -0.742. The third-order valence-electron chi connectivity index (χ3n) is 4.09. The molecule has 1 aliphatic carbocycles. The van der Waals surface area contributed by atoms with E-state index in [1.807, 2.05) is 38.1 Å². The number of nitrogens with two attached hydrogens (primary N) is 1. The Morgan fingerprint density at radius 3 is 2.67 bits per heavy atom. The van der Waals surface area contributed by atoms with Crippen LogP contribution in [0, 0.1) is 5.92 Å². The molecule has 1 saturated carbocycles. The molecule has 2 N–H and O–H groups in total. The first-order valence-electron chi connectivity index (χ1n) is 7.53. The summed E-state index contributed by atoms with van der Waals surface area (Å²) in [7, 11) is 4.02. The second kappa shape index (κ2) is 6.54. The number of hydrogen-bond donors (Lipinski definition) is 1. The molecule has 1 aromatic rings. The molecule has 2 rings (SSSR count). The number of nitrogens with zero attached hydrogens (tertiary/aromatic N) is 3. The van der Waals surface area contributed by atoms with Gasteiger partial charge in [-0.2, -0.15) is 0 Å². The predicted molar refractivity (Wildman–Crippen MR) is 83.5 cm³/mol. The van der Waals surface area contributed by atoms with Gasteiger partial charge in [0.15, 0.2) is 0 Å². The molecule has 5 heteroatoms. The van der Waals surface area contributed by atoms with Crippen LogP contribution in [0.4, 0.5) is 0 Å². The van der Waals surface area contributed by atoms with Crippen LogP contribution in [0.2, 0.25) is 0 Å². The van der Waals surface area contributed by atoms with Crippen molar-refractivity contribution in [2.75, 3.05) is 27.2 Å². The fourth-order valence-corrected chi connectivity index (χ4v) is 2.48. The Balaban J connectivity index is 2.09. The highest BCUT2D eigenvalue weighted by Gasteiger charge is 2.45. The average Bonchev–Trinajstić information content (AvgIpc) is 3.28. The summed E-state index contributed by atoms with van der Waals surface area (Å²) in [6, 6.07) is 3.89. The average molecular weight is 290 g/mol. The second-order valence-corrected chi connectivity index (χ2v) is 6.45. The summed E-state index contributed by atoms with van der Waals surface area (Å²) in [5.74, 6) is 0.386. The van der Waals surface area contributed by atoms with Crippen LogP contribution in [0.5, 0.6) is 0 Å². The third-order valence-corrected chi connectivity index (χ3v) is 4.09. The molecule has 1 aromatic heterocycles. The first-order valence-corrected chi connectivity index (χ1v) is 7.53. The van der Waals surface area contributed by atoms with Gasteiger partial charge in [0, 0.05) is 32.0 Å². The number of aromatic nitrogens is 1. The molecule has 0 saturated heterocycles. The summed E-state index contributed by atoms with van der Waals surface area (Å²) in [4.78, 5) is 20.9. The molecule has 0 aromatic carbocycles. The lowest BCUT2D eigenvalue weighted by molar-refractivity contribution is -0.138. The van der Waals surface area contributed by atoms with Crippen molar-refractivity contribution in [3.8, 4) is 0 Å². The predicted octanol–water partition coefficient (Wildman–Crippen LogP) is 1.10. The highest BCUT2D eigenvalue weighted by atomic mass is 16.2. The van der Waals surface area contributed by atoms with Crippen molar-refractivity contribution in [3.05, 3.63) is 30.1 Å². The summed E-state index contributed by atoms with van der Waals surface area (Å²) >= 11 is 0. The lowest BCUT2D eigenvalue weighted by Gasteiger charge is -2.32. The Kier molecular flexibility index (Phi) is 4.96. The van der Waals surface area contributed by atoms with Gasteiger partial charge in [-0.25, -0.2) is 0 Å². The third kappa shape index (κ3) is 4.25. The fourth-order valence-electron chi connectivity index (χ4n) is 2.48. The topological polar surface area (TPSA) is 62.5 Å². The Morgan fingerprint density at radius 1 is 1.43 bits per heavy atom. The molecule has 1 fully saturated rings. The Labute approximate surface area is 127 Å². The molecule has 1 atom stereocenters.